The maximum Gasteiger partial charge on any atom is 0.311 e. The van der Waals surface area contributed by atoms with Gasteiger partial charge in [0, 0.05) is 25.2 Å². The topological polar surface area (TPSA) is 75.7 Å². The van der Waals surface area contributed by atoms with Crippen LogP contribution in [0, 0.1) is 5.92 Å². The van der Waals surface area contributed by atoms with Crippen LogP contribution in [-0.4, -0.2) is 35.8 Å². The zero-order chi connectivity index (χ0) is 21.5. The molecule has 1 saturated heterocycles. The van der Waals surface area contributed by atoms with E-state index in [0.29, 0.717) is 13.1 Å². The SMILES string of the molecule is CCc1cccc(CC)c1NC(=O)COC(=O)[C@@H]1CC(=O)N(Cc2ccccc2)C1. The minimum Gasteiger partial charge on any atom is -0.455 e. The second-order valence-corrected chi connectivity index (χ2v) is 7.48. The molecule has 2 amide bonds. The Balaban J connectivity index is 1.52. The second-order valence-electron chi connectivity index (χ2n) is 7.48. The van der Waals surface area contributed by atoms with Gasteiger partial charge in [-0.2, -0.15) is 0 Å². The number of amides is 2. The summed E-state index contributed by atoms with van der Waals surface area (Å²) >= 11 is 0. The normalized spacial score (nSPS) is 15.9. The number of rotatable bonds is 8. The number of hydrogen-bond donors (Lipinski definition) is 1. The minimum atomic E-state index is -0.539. The highest BCUT2D eigenvalue weighted by molar-refractivity contribution is 5.95. The van der Waals surface area contributed by atoms with Crippen molar-refractivity contribution in [1.29, 1.82) is 0 Å². The number of carbonyl (C=O) groups excluding carboxylic acids is 3. The molecule has 30 heavy (non-hydrogen) atoms. The zero-order valence-corrected chi connectivity index (χ0v) is 17.5. The molecule has 6 nitrogen and oxygen atoms in total. The zero-order valence-electron chi connectivity index (χ0n) is 17.5. The van der Waals surface area contributed by atoms with Gasteiger partial charge in [-0.1, -0.05) is 62.4 Å². The molecule has 158 valence electrons. The average molecular weight is 408 g/mol. The summed E-state index contributed by atoms with van der Waals surface area (Å²) in [4.78, 5) is 38.7. The largest absolute Gasteiger partial charge is 0.455 e. The Morgan fingerprint density at radius 3 is 2.33 bits per heavy atom. The lowest BCUT2D eigenvalue weighted by Crippen LogP contribution is -2.28. The number of nitrogens with one attached hydrogen (secondary N) is 1. The summed E-state index contributed by atoms with van der Waals surface area (Å²) in [5.41, 5.74) is 3.91. The van der Waals surface area contributed by atoms with Crippen LogP contribution in [0.25, 0.3) is 0 Å². The Bertz CT molecular complexity index is 888. The molecule has 1 fully saturated rings. The van der Waals surface area contributed by atoms with Crippen molar-refractivity contribution >= 4 is 23.5 Å². The summed E-state index contributed by atoms with van der Waals surface area (Å²) in [6, 6.07) is 15.6. The third-order valence-electron chi connectivity index (χ3n) is 5.37. The number of benzene rings is 2. The summed E-state index contributed by atoms with van der Waals surface area (Å²) in [5, 5.41) is 2.88. The smallest absolute Gasteiger partial charge is 0.311 e. The first-order chi connectivity index (χ1) is 14.5. The summed E-state index contributed by atoms with van der Waals surface area (Å²) in [5.74, 6) is -1.49. The van der Waals surface area contributed by atoms with Gasteiger partial charge in [0.2, 0.25) is 5.91 Å². The van der Waals surface area contributed by atoms with Crippen molar-refractivity contribution in [1.82, 2.24) is 4.90 Å². The molecule has 1 N–H and O–H groups in total. The van der Waals surface area contributed by atoms with Gasteiger partial charge in [-0.15, -0.1) is 0 Å². The molecule has 3 rings (SSSR count). The molecular formula is C24H28N2O4. The molecule has 0 aromatic heterocycles. The number of esters is 1. The highest BCUT2D eigenvalue weighted by Crippen LogP contribution is 2.23. The lowest BCUT2D eigenvalue weighted by Gasteiger charge is -2.17. The predicted molar refractivity (Wildman–Crippen MR) is 115 cm³/mol. The number of aryl methyl sites for hydroxylation is 2. The number of ether oxygens (including phenoxy) is 1. The Morgan fingerprint density at radius 1 is 1.03 bits per heavy atom. The van der Waals surface area contributed by atoms with Crippen LogP contribution >= 0.6 is 0 Å². The molecule has 0 saturated carbocycles. The Kier molecular flexibility index (Phi) is 7.22. The van der Waals surface area contributed by atoms with Crippen molar-refractivity contribution in [3.05, 3.63) is 65.2 Å². The molecule has 1 atom stereocenters. The van der Waals surface area contributed by atoms with Gasteiger partial charge in [0.05, 0.1) is 5.92 Å². The van der Waals surface area contributed by atoms with Gasteiger partial charge in [0.15, 0.2) is 6.61 Å². The van der Waals surface area contributed by atoms with Crippen molar-refractivity contribution in [2.75, 3.05) is 18.5 Å². The summed E-state index contributed by atoms with van der Waals surface area (Å²) < 4.78 is 5.22. The maximum absolute atomic E-state index is 12.4. The van der Waals surface area contributed by atoms with Crippen LogP contribution in [-0.2, 0) is 38.5 Å². The maximum atomic E-state index is 12.4. The van der Waals surface area contributed by atoms with Gasteiger partial charge in [0.25, 0.3) is 5.91 Å². The van der Waals surface area contributed by atoms with Crippen LogP contribution in [0.15, 0.2) is 48.5 Å². The van der Waals surface area contributed by atoms with Crippen molar-refractivity contribution in [2.45, 2.75) is 39.7 Å². The first-order valence-corrected chi connectivity index (χ1v) is 10.4. The van der Waals surface area contributed by atoms with Gasteiger partial charge < -0.3 is 15.0 Å². The lowest BCUT2D eigenvalue weighted by molar-refractivity contribution is -0.151. The quantitative estimate of drug-likeness (QED) is 0.680. The summed E-state index contributed by atoms with van der Waals surface area (Å²) in [6.45, 7) is 4.49. The van der Waals surface area contributed by atoms with Crippen molar-refractivity contribution in [3.63, 3.8) is 0 Å². The van der Waals surface area contributed by atoms with Crippen molar-refractivity contribution in [3.8, 4) is 0 Å². The van der Waals surface area contributed by atoms with Crippen LogP contribution in [0.2, 0.25) is 0 Å². The standard InChI is InChI=1S/C24H28N2O4/c1-3-18-11-8-12-19(4-2)23(18)25-21(27)16-30-24(29)20-13-22(28)26(15-20)14-17-9-6-5-7-10-17/h5-12,20H,3-4,13-16H2,1-2H3,(H,25,27)/t20-/m1/s1. The van der Waals surface area contributed by atoms with E-state index >= 15 is 0 Å². The Hall–Kier alpha value is -3.15. The number of nitrogens with zero attached hydrogens (tertiary/aromatic N) is 1. The molecule has 0 radical (unpaired) electrons. The van der Waals surface area contributed by atoms with E-state index in [9.17, 15) is 14.4 Å². The second kappa shape index (κ2) is 10.1. The van der Waals surface area contributed by atoms with E-state index in [1.165, 1.54) is 0 Å². The third-order valence-corrected chi connectivity index (χ3v) is 5.37. The molecule has 0 bridgehead atoms. The fraction of sp³-hybridized carbons (Fsp3) is 0.375. The van der Waals surface area contributed by atoms with E-state index in [1.807, 2.05) is 62.4 Å². The van der Waals surface area contributed by atoms with E-state index < -0.39 is 11.9 Å². The van der Waals surface area contributed by atoms with E-state index in [-0.39, 0.29) is 24.8 Å². The lowest BCUT2D eigenvalue weighted by atomic mass is 10.0. The molecule has 1 aliphatic rings. The predicted octanol–water partition coefficient (Wildman–Crippen LogP) is 3.34. The van der Waals surface area contributed by atoms with Gasteiger partial charge in [0.1, 0.15) is 0 Å². The number of para-hydroxylation sites is 1. The molecule has 2 aromatic carbocycles. The first-order valence-electron chi connectivity index (χ1n) is 10.4. The first kappa shape index (κ1) is 21.6. The molecule has 6 heteroatoms. The number of anilines is 1. The molecule has 2 aromatic rings. The van der Waals surface area contributed by atoms with Crippen molar-refractivity contribution in [2.24, 2.45) is 5.92 Å². The van der Waals surface area contributed by atoms with Crippen molar-refractivity contribution < 1.29 is 19.1 Å². The number of hydrogen-bond acceptors (Lipinski definition) is 4. The molecule has 0 unspecified atom stereocenters. The van der Waals surface area contributed by atoms with Crippen LogP contribution in [0.1, 0.15) is 37.0 Å². The van der Waals surface area contributed by atoms with Gasteiger partial charge in [-0.25, -0.2) is 0 Å². The van der Waals surface area contributed by atoms with E-state index in [0.717, 1.165) is 35.2 Å². The van der Waals surface area contributed by atoms with Crippen LogP contribution < -0.4 is 5.32 Å². The van der Waals surface area contributed by atoms with Crippen LogP contribution in [0.3, 0.4) is 0 Å². The third kappa shape index (κ3) is 5.26. The molecule has 0 aliphatic carbocycles. The number of carbonyl (C=O) groups is 3. The molecule has 0 spiro atoms. The number of likely N-dealkylation sites (tertiary alicyclic amines) is 1. The summed E-state index contributed by atoms with van der Waals surface area (Å²) in [7, 11) is 0. The Labute approximate surface area is 177 Å². The Morgan fingerprint density at radius 2 is 1.70 bits per heavy atom. The summed E-state index contributed by atoms with van der Waals surface area (Å²) in [6.07, 6.45) is 1.71. The molecular weight excluding hydrogens is 380 g/mol. The van der Waals surface area contributed by atoms with Crippen LogP contribution in [0.4, 0.5) is 5.69 Å². The molecule has 1 heterocycles. The fourth-order valence-electron chi connectivity index (χ4n) is 3.72. The molecule has 1 aliphatic heterocycles. The highest BCUT2D eigenvalue weighted by Gasteiger charge is 2.35. The minimum absolute atomic E-state index is 0.0743. The van der Waals surface area contributed by atoms with E-state index in [2.05, 4.69) is 5.32 Å². The van der Waals surface area contributed by atoms with Gasteiger partial charge in [-0.05, 0) is 29.5 Å². The highest BCUT2D eigenvalue weighted by atomic mass is 16.5. The monoisotopic (exact) mass is 408 g/mol. The fourth-order valence-corrected chi connectivity index (χ4v) is 3.72. The average Bonchev–Trinajstić information content (AvgIpc) is 3.13. The van der Waals surface area contributed by atoms with Gasteiger partial charge >= 0.3 is 5.97 Å². The van der Waals surface area contributed by atoms with E-state index in [4.69, 9.17) is 4.74 Å². The van der Waals surface area contributed by atoms with Gasteiger partial charge in [-0.3, -0.25) is 14.4 Å². The van der Waals surface area contributed by atoms with Crippen LogP contribution in [0.5, 0.6) is 0 Å². The van der Waals surface area contributed by atoms with E-state index in [1.54, 1.807) is 4.90 Å².